The van der Waals surface area contributed by atoms with Gasteiger partial charge in [-0.05, 0) is 18.1 Å². The Balaban J connectivity index is 1.43. The van der Waals surface area contributed by atoms with Crippen molar-refractivity contribution in [1.82, 2.24) is 24.5 Å². The van der Waals surface area contributed by atoms with Crippen molar-refractivity contribution in [2.75, 3.05) is 22.7 Å². The van der Waals surface area contributed by atoms with Crippen molar-refractivity contribution in [2.24, 2.45) is 13.0 Å². The van der Waals surface area contributed by atoms with E-state index < -0.39 is 10.0 Å². The molecule has 1 N–H and O–H groups in total. The van der Waals surface area contributed by atoms with Gasteiger partial charge in [0.15, 0.2) is 5.82 Å². The lowest BCUT2D eigenvalue weighted by Gasteiger charge is -2.39. The van der Waals surface area contributed by atoms with Crippen molar-refractivity contribution >= 4 is 32.3 Å². The zero-order chi connectivity index (χ0) is 20.9. The number of fused-ring (bicyclic) bond motifs is 1. The SMILES string of the molecule is CC1CN(c2ccnc(-n3cc(S(=O)(=O)Nc4cccc5cnn(C)c45)cn3)c2)C1. The molecule has 0 amide bonds. The van der Waals surface area contributed by atoms with E-state index in [-0.39, 0.29) is 4.90 Å². The number of nitrogens with zero attached hydrogens (tertiary/aromatic N) is 6. The summed E-state index contributed by atoms with van der Waals surface area (Å²) in [4.78, 5) is 6.66. The highest BCUT2D eigenvalue weighted by atomic mass is 32.2. The maximum atomic E-state index is 13.0. The summed E-state index contributed by atoms with van der Waals surface area (Å²) in [7, 11) is -2.05. The Kier molecular flexibility index (Phi) is 4.24. The third-order valence-corrected chi connectivity index (χ3v) is 6.59. The van der Waals surface area contributed by atoms with E-state index in [1.54, 1.807) is 36.3 Å². The van der Waals surface area contributed by atoms with Gasteiger partial charge in [-0.15, -0.1) is 0 Å². The van der Waals surface area contributed by atoms with Gasteiger partial charge in [0.05, 0.1) is 29.8 Å². The average Bonchev–Trinajstić information content (AvgIpc) is 3.34. The molecule has 1 aliphatic rings. The molecular formula is C20H21N7O2S. The van der Waals surface area contributed by atoms with E-state index in [2.05, 4.69) is 31.7 Å². The Morgan fingerprint density at radius 3 is 2.77 bits per heavy atom. The number of rotatable bonds is 5. The van der Waals surface area contributed by atoms with Gasteiger partial charge in [-0.1, -0.05) is 19.1 Å². The molecule has 10 heteroatoms. The smallest absolute Gasteiger partial charge is 0.265 e. The van der Waals surface area contributed by atoms with E-state index in [0.717, 1.165) is 24.2 Å². The quantitative estimate of drug-likeness (QED) is 0.529. The van der Waals surface area contributed by atoms with Gasteiger partial charge in [0.25, 0.3) is 10.0 Å². The number of benzene rings is 1. The average molecular weight is 424 g/mol. The molecule has 0 radical (unpaired) electrons. The summed E-state index contributed by atoms with van der Waals surface area (Å²) in [5.74, 6) is 1.25. The molecule has 0 atom stereocenters. The van der Waals surface area contributed by atoms with Crippen LogP contribution in [0.2, 0.25) is 0 Å². The third-order valence-electron chi connectivity index (χ3n) is 5.27. The molecule has 30 heavy (non-hydrogen) atoms. The number of hydrogen-bond donors (Lipinski definition) is 1. The molecule has 4 heterocycles. The summed E-state index contributed by atoms with van der Waals surface area (Å²) in [6.45, 7) is 4.22. The minimum Gasteiger partial charge on any atom is -0.371 e. The molecule has 3 aromatic heterocycles. The van der Waals surface area contributed by atoms with Crippen LogP contribution < -0.4 is 9.62 Å². The minimum atomic E-state index is -3.83. The van der Waals surface area contributed by atoms with Crippen LogP contribution in [0.25, 0.3) is 16.7 Å². The van der Waals surface area contributed by atoms with Crippen molar-refractivity contribution in [2.45, 2.75) is 11.8 Å². The number of sulfonamides is 1. The molecule has 1 aromatic carbocycles. The van der Waals surface area contributed by atoms with Crippen LogP contribution in [-0.2, 0) is 17.1 Å². The predicted molar refractivity (Wildman–Crippen MR) is 114 cm³/mol. The number of hydrogen-bond acceptors (Lipinski definition) is 6. The van der Waals surface area contributed by atoms with Crippen LogP contribution >= 0.6 is 0 Å². The fourth-order valence-corrected chi connectivity index (χ4v) is 4.73. The van der Waals surface area contributed by atoms with Gasteiger partial charge in [0.2, 0.25) is 0 Å². The first-order valence-electron chi connectivity index (χ1n) is 9.60. The molecular weight excluding hydrogens is 402 g/mol. The molecule has 1 fully saturated rings. The minimum absolute atomic E-state index is 0.0615. The van der Waals surface area contributed by atoms with E-state index in [9.17, 15) is 8.42 Å². The number of para-hydroxylation sites is 1. The summed E-state index contributed by atoms with van der Waals surface area (Å²) in [6.07, 6.45) is 6.20. The van der Waals surface area contributed by atoms with Crippen LogP contribution in [0.15, 0.2) is 60.0 Å². The Morgan fingerprint density at radius 1 is 1.13 bits per heavy atom. The standard InChI is InChI=1S/C20H21N7O2S/c1-14-11-26(12-14)16-6-7-21-19(8-16)27-13-17(10-23-27)30(28,29)24-18-5-3-4-15-9-22-25(2)20(15)18/h3-10,13-14,24H,11-12H2,1-2H3. The van der Waals surface area contributed by atoms with Crippen molar-refractivity contribution in [3.8, 4) is 5.82 Å². The maximum Gasteiger partial charge on any atom is 0.265 e. The molecule has 4 aromatic rings. The topological polar surface area (TPSA) is 97.9 Å². The molecule has 154 valence electrons. The summed E-state index contributed by atoms with van der Waals surface area (Å²) in [5.41, 5.74) is 2.23. The molecule has 9 nitrogen and oxygen atoms in total. The highest BCUT2D eigenvalue weighted by molar-refractivity contribution is 7.92. The highest BCUT2D eigenvalue weighted by Crippen LogP contribution is 2.27. The number of anilines is 2. The number of pyridine rings is 1. The van der Waals surface area contributed by atoms with Crippen LogP contribution in [-0.4, -0.2) is 46.1 Å². The first-order valence-corrected chi connectivity index (χ1v) is 11.1. The summed E-state index contributed by atoms with van der Waals surface area (Å²) in [6, 6.07) is 9.25. The van der Waals surface area contributed by atoms with Gasteiger partial charge in [-0.2, -0.15) is 10.2 Å². The van der Waals surface area contributed by atoms with Gasteiger partial charge in [-0.3, -0.25) is 9.40 Å². The van der Waals surface area contributed by atoms with Crippen LogP contribution in [0, 0.1) is 5.92 Å². The lowest BCUT2D eigenvalue weighted by molar-refractivity contribution is 0.447. The zero-order valence-corrected chi connectivity index (χ0v) is 17.4. The van der Waals surface area contributed by atoms with Crippen LogP contribution in [0.3, 0.4) is 0 Å². The second kappa shape index (κ2) is 6.84. The van der Waals surface area contributed by atoms with Crippen LogP contribution in [0.4, 0.5) is 11.4 Å². The summed E-state index contributed by atoms with van der Waals surface area (Å²) < 4.78 is 31.7. The summed E-state index contributed by atoms with van der Waals surface area (Å²) in [5, 5.41) is 9.27. The van der Waals surface area contributed by atoms with Crippen LogP contribution in [0.1, 0.15) is 6.92 Å². The number of nitrogens with one attached hydrogen (secondary N) is 1. The molecule has 0 aliphatic carbocycles. The van der Waals surface area contributed by atoms with Crippen molar-refractivity contribution in [3.05, 3.63) is 55.1 Å². The van der Waals surface area contributed by atoms with E-state index in [4.69, 9.17) is 0 Å². The number of aryl methyl sites for hydroxylation is 1. The Labute approximate surface area is 174 Å². The second-order valence-electron chi connectivity index (χ2n) is 7.62. The molecule has 0 saturated carbocycles. The van der Waals surface area contributed by atoms with Gasteiger partial charge < -0.3 is 4.90 Å². The summed E-state index contributed by atoms with van der Waals surface area (Å²) >= 11 is 0. The molecule has 0 bridgehead atoms. The van der Waals surface area contributed by atoms with Gasteiger partial charge >= 0.3 is 0 Å². The molecule has 0 spiro atoms. The Morgan fingerprint density at radius 2 is 1.97 bits per heavy atom. The van der Waals surface area contributed by atoms with E-state index >= 15 is 0 Å². The first-order chi connectivity index (χ1) is 14.4. The Bertz CT molecular complexity index is 1340. The first kappa shape index (κ1) is 18.6. The normalized spacial score (nSPS) is 14.8. The highest BCUT2D eigenvalue weighted by Gasteiger charge is 2.23. The zero-order valence-electron chi connectivity index (χ0n) is 16.6. The maximum absolute atomic E-state index is 13.0. The fraction of sp³-hybridized carbons (Fsp3) is 0.250. The third kappa shape index (κ3) is 3.18. The van der Waals surface area contributed by atoms with Gasteiger partial charge in [-0.25, -0.2) is 18.1 Å². The van der Waals surface area contributed by atoms with Crippen LogP contribution in [0.5, 0.6) is 0 Å². The van der Waals surface area contributed by atoms with Crippen molar-refractivity contribution < 1.29 is 8.42 Å². The molecule has 0 unspecified atom stereocenters. The van der Waals surface area contributed by atoms with Crippen molar-refractivity contribution in [1.29, 1.82) is 0 Å². The molecule has 5 rings (SSSR count). The fourth-order valence-electron chi connectivity index (χ4n) is 3.73. The van der Waals surface area contributed by atoms with Crippen molar-refractivity contribution in [3.63, 3.8) is 0 Å². The lowest BCUT2D eigenvalue weighted by atomic mass is 10.0. The molecule has 1 aliphatic heterocycles. The van der Waals surface area contributed by atoms with E-state index in [1.807, 2.05) is 18.2 Å². The Hall–Kier alpha value is -3.40. The van der Waals surface area contributed by atoms with E-state index in [1.165, 1.54) is 17.1 Å². The number of aromatic nitrogens is 5. The monoisotopic (exact) mass is 423 g/mol. The van der Waals surface area contributed by atoms with E-state index in [0.29, 0.717) is 22.9 Å². The van der Waals surface area contributed by atoms with Gasteiger partial charge in [0, 0.05) is 43.5 Å². The second-order valence-corrected chi connectivity index (χ2v) is 9.30. The largest absolute Gasteiger partial charge is 0.371 e. The van der Waals surface area contributed by atoms with Gasteiger partial charge in [0.1, 0.15) is 4.90 Å². The lowest BCUT2D eigenvalue weighted by Crippen LogP contribution is -2.45. The molecule has 1 saturated heterocycles. The predicted octanol–water partition coefficient (Wildman–Crippen LogP) is 2.41.